The van der Waals surface area contributed by atoms with Gasteiger partial charge in [-0.1, -0.05) is 0 Å². The second-order valence-corrected chi connectivity index (χ2v) is 5.25. The van der Waals surface area contributed by atoms with Crippen LogP contribution in [0, 0.1) is 0 Å². The Kier molecular flexibility index (Phi) is 2.32. The fourth-order valence-corrected chi connectivity index (χ4v) is 1.91. The van der Waals surface area contributed by atoms with Crippen molar-refractivity contribution in [2.24, 2.45) is 0 Å². The van der Waals surface area contributed by atoms with Crippen molar-refractivity contribution >= 4 is 9.84 Å². The average Bonchev–Trinajstić information content (AvgIpc) is 2.69. The predicted octanol–water partition coefficient (Wildman–Crippen LogP) is 1.28. The number of sulfone groups is 1. The number of nitrogens with zero attached hydrogens (tertiary/aromatic N) is 2. The van der Waals surface area contributed by atoms with E-state index in [9.17, 15) is 8.42 Å². The van der Waals surface area contributed by atoms with Gasteiger partial charge < -0.3 is 4.57 Å². The van der Waals surface area contributed by atoms with E-state index in [0.717, 1.165) is 5.69 Å². The van der Waals surface area contributed by atoms with Gasteiger partial charge >= 0.3 is 0 Å². The first-order valence-corrected chi connectivity index (χ1v) is 6.25. The molecular formula is C10H10N2O2S. The molecule has 78 valence electrons. The maximum absolute atomic E-state index is 11.2. The minimum Gasteiger partial charge on any atom is -0.306 e. The lowest BCUT2D eigenvalue weighted by Crippen LogP contribution is -1.97. The molecule has 0 fully saturated rings. The lowest BCUT2D eigenvalue weighted by molar-refractivity contribution is 0.602. The Balaban J connectivity index is 2.42. The van der Waals surface area contributed by atoms with Gasteiger partial charge in [0.15, 0.2) is 9.84 Å². The van der Waals surface area contributed by atoms with Crippen LogP contribution in [-0.4, -0.2) is 24.2 Å². The summed E-state index contributed by atoms with van der Waals surface area (Å²) >= 11 is 0. The summed E-state index contributed by atoms with van der Waals surface area (Å²) in [6, 6.07) is 6.67. The van der Waals surface area contributed by atoms with Crippen LogP contribution in [0.15, 0.2) is 47.9 Å². The third-order valence-electron chi connectivity index (χ3n) is 2.07. The predicted molar refractivity (Wildman–Crippen MR) is 56.7 cm³/mol. The topological polar surface area (TPSA) is 52.0 Å². The van der Waals surface area contributed by atoms with Crippen molar-refractivity contribution in [1.82, 2.24) is 9.55 Å². The number of aromatic nitrogens is 2. The Morgan fingerprint density at radius 3 is 2.33 bits per heavy atom. The second-order valence-electron chi connectivity index (χ2n) is 3.24. The largest absolute Gasteiger partial charge is 0.306 e. The standard InChI is InChI=1S/C10H10N2O2S/c1-15(13,14)10-4-2-9(3-5-10)12-7-6-11-8-12/h2-8H,1H3. The van der Waals surface area contributed by atoms with Gasteiger partial charge in [0.2, 0.25) is 0 Å². The third kappa shape index (κ3) is 2.07. The molecule has 0 unspecified atom stereocenters. The summed E-state index contributed by atoms with van der Waals surface area (Å²) in [5, 5.41) is 0. The fourth-order valence-electron chi connectivity index (χ4n) is 1.28. The molecule has 1 aromatic carbocycles. The molecule has 0 bridgehead atoms. The maximum Gasteiger partial charge on any atom is 0.175 e. The van der Waals surface area contributed by atoms with Gasteiger partial charge in [-0.05, 0) is 24.3 Å². The minimum absolute atomic E-state index is 0.325. The molecule has 0 atom stereocenters. The molecule has 15 heavy (non-hydrogen) atoms. The van der Waals surface area contributed by atoms with Crippen molar-refractivity contribution in [2.45, 2.75) is 4.90 Å². The summed E-state index contributed by atoms with van der Waals surface area (Å²) in [6.07, 6.45) is 6.33. The first-order valence-electron chi connectivity index (χ1n) is 4.36. The first-order chi connectivity index (χ1) is 7.07. The van der Waals surface area contributed by atoms with Gasteiger partial charge in [0.1, 0.15) is 0 Å². The SMILES string of the molecule is CS(=O)(=O)c1ccc(-n2ccnc2)cc1. The molecule has 1 heterocycles. The molecule has 0 amide bonds. The number of hydrogen-bond acceptors (Lipinski definition) is 3. The monoisotopic (exact) mass is 222 g/mol. The molecule has 0 aliphatic rings. The molecular weight excluding hydrogens is 212 g/mol. The average molecular weight is 222 g/mol. The van der Waals surface area contributed by atoms with E-state index in [2.05, 4.69) is 4.98 Å². The normalized spacial score (nSPS) is 11.5. The van der Waals surface area contributed by atoms with Gasteiger partial charge in [0.25, 0.3) is 0 Å². The van der Waals surface area contributed by atoms with Gasteiger partial charge in [-0.15, -0.1) is 0 Å². The Morgan fingerprint density at radius 2 is 1.87 bits per heavy atom. The van der Waals surface area contributed by atoms with E-state index in [1.807, 2.05) is 4.57 Å². The Bertz CT molecular complexity index is 542. The molecule has 4 nitrogen and oxygen atoms in total. The van der Waals surface area contributed by atoms with Crippen LogP contribution in [-0.2, 0) is 9.84 Å². The highest BCUT2D eigenvalue weighted by Crippen LogP contribution is 2.12. The smallest absolute Gasteiger partial charge is 0.175 e. The molecule has 0 N–H and O–H groups in total. The van der Waals surface area contributed by atoms with Crippen LogP contribution in [0.4, 0.5) is 0 Å². The maximum atomic E-state index is 11.2. The quantitative estimate of drug-likeness (QED) is 0.769. The first kappa shape index (κ1) is 9.92. The summed E-state index contributed by atoms with van der Waals surface area (Å²) in [7, 11) is -3.11. The van der Waals surface area contributed by atoms with Crippen molar-refractivity contribution in [3.05, 3.63) is 43.0 Å². The Morgan fingerprint density at radius 1 is 1.20 bits per heavy atom. The Hall–Kier alpha value is -1.62. The van der Waals surface area contributed by atoms with E-state index in [-0.39, 0.29) is 0 Å². The van der Waals surface area contributed by atoms with E-state index >= 15 is 0 Å². The highest BCUT2D eigenvalue weighted by molar-refractivity contribution is 7.90. The Labute approximate surface area is 88.1 Å². The van der Waals surface area contributed by atoms with Gasteiger partial charge in [-0.2, -0.15) is 0 Å². The molecule has 0 spiro atoms. The van der Waals surface area contributed by atoms with Crippen LogP contribution < -0.4 is 0 Å². The van der Waals surface area contributed by atoms with E-state index in [0.29, 0.717) is 4.90 Å². The number of hydrogen-bond donors (Lipinski definition) is 0. The minimum atomic E-state index is -3.11. The van der Waals surface area contributed by atoms with E-state index in [1.165, 1.54) is 6.26 Å². The summed E-state index contributed by atoms with van der Waals surface area (Å²) in [4.78, 5) is 4.24. The lowest BCUT2D eigenvalue weighted by Gasteiger charge is -2.02. The highest BCUT2D eigenvalue weighted by atomic mass is 32.2. The van der Waals surface area contributed by atoms with E-state index in [1.54, 1.807) is 43.0 Å². The molecule has 0 saturated carbocycles. The van der Waals surface area contributed by atoms with Crippen molar-refractivity contribution in [1.29, 1.82) is 0 Å². The highest BCUT2D eigenvalue weighted by Gasteiger charge is 2.06. The molecule has 0 aliphatic carbocycles. The second kappa shape index (κ2) is 3.51. The van der Waals surface area contributed by atoms with Gasteiger partial charge in [0.05, 0.1) is 11.2 Å². The van der Waals surface area contributed by atoms with Gasteiger partial charge in [-0.3, -0.25) is 0 Å². The molecule has 0 saturated heterocycles. The molecule has 2 aromatic rings. The molecule has 0 aliphatic heterocycles. The molecule has 1 aromatic heterocycles. The van der Waals surface area contributed by atoms with Crippen LogP contribution >= 0.6 is 0 Å². The number of benzene rings is 1. The zero-order valence-electron chi connectivity index (χ0n) is 8.16. The van der Waals surface area contributed by atoms with Crippen LogP contribution in [0.5, 0.6) is 0 Å². The zero-order valence-corrected chi connectivity index (χ0v) is 8.98. The zero-order chi connectivity index (χ0) is 10.9. The van der Waals surface area contributed by atoms with Crippen molar-refractivity contribution < 1.29 is 8.42 Å². The van der Waals surface area contributed by atoms with Gasteiger partial charge in [-0.25, -0.2) is 13.4 Å². The summed E-state index contributed by atoms with van der Waals surface area (Å²) in [6.45, 7) is 0. The third-order valence-corrected chi connectivity index (χ3v) is 3.20. The lowest BCUT2D eigenvalue weighted by atomic mass is 10.3. The molecule has 0 radical (unpaired) electrons. The van der Waals surface area contributed by atoms with Crippen LogP contribution in [0.1, 0.15) is 0 Å². The summed E-state index contributed by atoms with van der Waals surface area (Å²) in [5.74, 6) is 0. The fraction of sp³-hybridized carbons (Fsp3) is 0.100. The number of rotatable bonds is 2. The summed E-state index contributed by atoms with van der Waals surface area (Å²) in [5.41, 5.74) is 0.889. The van der Waals surface area contributed by atoms with Crippen molar-refractivity contribution in [2.75, 3.05) is 6.26 Å². The van der Waals surface area contributed by atoms with Crippen LogP contribution in [0.25, 0.3) is 5.69 Å². The van der Waals surface area contributed by atoms with Crippen LogP contribution in [0.2, 0.25) is 0 Å². The van der Waals surface area contributed by atoms with Crippen molar-refractivity contribution in [3.8, 4) is 5.69 Å². The molecule has 5 heteroatoms. The van der Waals surface area contributed by atoms with E-state index < -0.39 is 9.84 Å². The molecule has 2 rings (SSSR count). The summed E-state index contributed by atoms with van der Waals surface area (Å²) < 4.78 is 24.2. The van der Waals surface area contributed by atoms with E-state index in [4.69, 9.17) is 0 Å². The van der Waals surface area contributed by atoms with Gasteiger partial charge in [0, 0.05) is 24.3 Å². The number of imidazole rings is 1. The van der Waals surface area contributed by atoms with Crippen molar-refractivity contribution in [3.63, 3.8) is 0 Å². The van der Waals surface area contributed by atoms with Crippen LogP contribution in [0.3, 0.4) is 0 Å².